The molecule has 0 unspecified atom stereocenters. The highest BCUT2D eigenvalue weighted by molar-refractivity contribution is 5.90. The van der Waals surface area contributed by atoms with Crippen LogP contribution in [0.25, 0.3) is 22.3 Å². The minimum atomic E-state index is -0.513. The van der Waals surface area contributed by atoms with Crippen molar-refractivity contribution in [3.8, 4) is 28.0 Å². The van der Waals surface area contributed by atoms with Crippen LogP contribution in [0.3, 0.4) is 0 Å². The summed E-state index contributed by atoms with van der Waals surface area (Å²) in [7, 11) is 1.72. The van der Waals surface area contributed by atoms with Crippen LogP contribution in [0, 0.1) is 0 Å². The van der Waals surface area contributed by atoms with Crippen molar-refractivity contribution in [2.75, 3.05) is 12.0 Å². The van der Waals surface area contributed by atoms with E-state index in [2.05, 4.69) is 235 Å². The lowest BCUT2D eigenvalue weighted by atomic mass is 9.67. The Kier molecular flexibility index (Phi) is 9.89. The molecule has 288 valence electrons. The molecule has 0 saturated heterocycles. The molecular formula is C58H45NO. The molecule has 0 spiro atoms. The molecule has 0 heterocycles. The van der Waals surface area contributed by atoms with Crippen molar-refractivity contribution in [1.29, 1.82) is 0 Å². The fraction of sp³-hybridized carbons (Fsp3) is 0.0690. The minimum absolute atomic E-state index is 0.513. The van der Waals surface area contributed by atoms with Gasteiger partial charge in [0.2, 0.25) is 0 Å². The zero-order valence-corrected chi connectivity index (χ0v) is 33.7. The molecule has 0 radical (unpaired) electrons. The van der Waals surface area contributed by atoms with Gasteiger partial charge in [0, 0.05) is 17.1 Å². The zero-order valence-electron chi connectivity index (χ0n) is 33.7. The van der Waals surface area contributed by atoms with E-state index in [1.165, 1.54) is 66.8 Å². The molecule has 9 aromatic carbocycles. The van der Waals surface area contributed by atoms with Gasteiger partial charge in [-0.25, -0.2) is 0 Å². The summed E-state index contributed by atoms with van der Waals surface area (Å²) in [5.74, 6) is 0.824. The first-order chi connectivity index (χ1) is 29.7. The van der Waals surface area contributed by atoms with Gasteiger partial charge in [0.05, 0.1) is 12.5 Å². The van der Waals surface area contributed by atoms with Crippen LogP contribution < -0.4 is 9.64 Å². The summed E-state index contributed by atoms with van der Waals surface area (Å²) in [4.78, 5) is 2.41. The van der Waals surface area contributed by atoms with Crippen LogP contribution >= 0.6 is 0 Å². The number of ether oxygens (including phenoxy) is 1. The molecular weight excluding hydrogens is 727 g/mol. The number of methoxy groups -OCH3 is 1. The standard InChI is InChI=1S/C58H45NO/c1-60-51-34-30-48(31-35-51)59(49-32-36-53(45(40-49)39-43-20-8-3-9-21-43)52-27-15-14-22-44(52)38-42-18-6-2-7-19-42)50-33-37-55-54-28-16-17-29-56(54)58(57(55)41-50,46-23-10-4-11-24-46)47-25-12-5-13-26-47/h2-37,40-41H,38-39H2,1H3. The number of fused-ring (bicyclic) bond motifs is 3. The number of hydrogen-bond donors (Lipinski definition) is 0. The van der Waals surface area contributed by atoms with E-state index in [-0.39, 0.29) is 0 Å². The molecule has 1 aliphatic rings. The lowest BCUT2D eigenvalue weighted by Gasteiger charge is -2.35. The summed E-state index contributed by atoms with van der Waals surface area (Å²) in [5.41, 5.74) is 18.0. The summed E-state index contributed by atoms with van der Waals surface area (Å²) in [5, 5.41) is 0. The van der Waals surface area contributed by atoms with Crippen molar-refractivity contribution >= 4 is 17.1 Å². The van der Waals surface area contributed by atoms with E-state index < -0.39 is 5.41 Å². The maximum Gasteiger partial charge on any atom is 0.119 e. The van der Waals surface area contributed by atoms with Crippen LogP contribution in [0.1, 0.15) is 44.5 Å². The molecule has 10 rings (SSSR count). The van der Waals surface area contributed by atoms with Gasteiger partial charge in [-0.15, -0.1) is 0 Å². The van der Waals surface area contributed by atoms with Crippen LogP contribution in [0.5, 0.6) is 5.75 Å². The third kappa shape index (κ3) is 6.67. The molecule has 0 aromatic heterocycles. The molecule has 0 amide bonds. The van der Waals surface area contributed by atoms with Gasteiger partial charge in [0.15, 0.2) is 0 Å². The van der Waals surface area contributed by atoms with Gasteiger partial charge in [-0.1, -0.05) is 182 Å². The Balaban J connectivity index is 1.19. The number of benzene rings is 9. The lowest BCUT2D eigenvalue weighted by molar-refractivity contribution is 0.415. The van der Waals surface area contributed by atoms with E-state index in [0.29, 0.717) is 0 Å². The first-order valence-electron chi connectivity index (χ1n) is 20.8. The average molecular weight is 772 g/mol. The van der Waals surface area contributed by atoms with Gasteiger partial charge in [-0.3, -0.25) is 0 Å². The summed E-state index contributed by atoms with van der Waals surface area (Å²) in [6.45, 7) is 0. The quantitative estimate of drug-likeness (QED) is 0.130. The van der Waals surface area contributed by atoms with Crippen molar-refractivity contribution < 1.29 is 4.74 Å². The van der Waals surface area contributed by atoms with Crippen LogP contribution in [-0.4, -0.2) is 7.11 Å². The molecule has 0 fully saturated rings. The Morgan fingerprint density at radius 3 is 1.43 bits per heavy atom. The monoisotopic (exact) mass is 771 g/mol. The molecule has 1 aliphatic carbocycles. The Morgan fingerprint density at radius 2 is 0.817 bits per heavy atom. The van der Waals surface area contributed by atoms with Crippen LogP contribution in [0.2, 0.25) is 0 Å². The SMILES string of the molecule is COc1ccc(N(c2ccc(-c3ccccc3Cc3ccccc3)c(Cc3ccccc3)c2)c2ccc3c(c2)C(c2ccccc2)(c2ccccc2)c2ccccc2-3)cc1. The maximum absolute atomic E-state index is 5.67. The highest BCUT2D eigenvalue weighted by Crippen LogP contribution is 2.57. The van der Waals surface area contributed by atoms with E-state index >= 15 is 0 Å². The third-order valence-electron chi connectivity index (χ3n) is 12.2. The van der Waals surface area contributed by atoms with Crippen LogP contribution in [-0.2, 0) is 18.3 Å². The summed E-state index contributed by atoms with van der Waals surface area (Å²) in [6, 6.07) is 84.1. The topological polar surface area (TPSA) is 12.5 Å². The Hall–Kier alpha value is -7.42. The van der Waals surface area contributed by atoms with Gasteiger partial charge < -0.3 is 9.64 Å². The lowest BCUT2D eigenvalue weighted by Crippen LogP contribution is -2.28. The van der Waals surface area contributed by atoms with E-state index in [1.54, 1.807) is 7.11 Å². The van der Waals surface area contributed by atoms with Crippen molar-refractivity contribution in [1.82, 2.24) is 0 Å². The molecule has 0 saturated carbocycles. The van der Waals surface area contributed by atoms with Gasteiger partial charge >= 0.3 is 0 Å². The Labute approximate surface area is 353 Å². The van der Waals surface area contributed by atoms with Gasteiger partial charge in [0.25, 0.3) is 0 Å². The number of rotatable bonds is 11. The van der Waals surface area contributed by atoms with Crippen molar-refractivity contribution in [2.45, 2.75) is 18.3 Å². The molecule has 2 nitrogen and oxygen atoms in total. The van der Waals surface area contributed by atoms with E-state index in [0.717, 1.165) is 35.7 Å². The molecule has 0 N–H and O–H groups in total. The third-order valence-corrected chi connectivity index (χ3v) is 12.2. The Morgan fingerprint density at radius 1 is 0.367 bits per heavy atom. The smallest absolute Gasteiger partial charge is 0.119 e. The highest BCUT2D eigenvalue weighted by atomic mass is 16.5. The van der Waals surface area contributed by atoms with E-state index in [1.807, 2.05) is 0 Å². The summed E-state index contributed by atoms with van der Waals surface area (Å²) < 4.78 is 5.67. The predicted octanol–water partition coefficient (Wildman–Crippen LogP) is 14.4. The second-order valence-electron chi connectivity index (χ2n) is 15.6. The fourth-order valence-electron chi connectivity index (χ4n) is 9.45. The van der Waals surface area contributed by atoms with Crippen LogP contribution in [0.15, 0.2) is 231 Å². The molecule has 0 aliphatic heterocycles. The summed E-state index contributed by atoms with van der Waals surface area (Å²) >= 11 is 0. The predicted molar refractivity (Wildman–Crippen MR) is 249 cm³/mol. The fourth-order valence-corrected chi connectivity index (χ4v) is 9.45. The molecule has 2 heteroatoms. The number of hydrogen-bond acceptors (Lipinski definition) is 2. The van der Waals surface area contributed by atoms with Crippen molar-refractivity contribution in [3.63, 3.8) is 0 Å². The van der Waals surface area contributed by atoms with E-state index in [4.69, 9.17) is 4.74 Å². The number of anilines is 3. The average Bonchev–Trinajstić information content (AvgIpc) is 3.61. The highest BCUT2D eigenvalue weighted by Gasteiger charge is 2.46. The normalized spacial score (nSPS) is 12.3. The molecule has 0 bridgehead atoms. The zero-order chi connectivity index (χ0) is 40.3. The van der Waals surface area contributed by atoms with Gasteiger partial charge in [-0.2, -0.15) is 0 Å². The molecule has 0 atom stereocenters. The Bertz CT molecular complexity index is 2850. The minimum Gasteiger partial charge on any atom is -0.497 e. The van der Waals surface area contributed by atoms with E-state index in [9.17, 15) is 0 Å². The first-order valence-corrected chi connectivity index (χ1v) is 20.8. The van der Waals surface area contributed by atoms with Gasteiger partial charge in [0.1, 0.15) is 5.75 Å². The largest absolute Gasteiger partial charge is 0.497 e. The summed E-state index contributed by atoms with van der Waals surface area (Å²) in [6.07, 6.45) is 1.66. The van der Waals surface area contributed by atoms with Gasteiger partial charge in [-0.05, 0) is 128 Å². The second-order valence-corrected chi connectivity index (χ2v) is 15.6. The molecule has 9 aromatic rings. The maximum atomic E-state index is 5.67. The van der Waals surface area contributed by atoms with Crippen molar-refractivity contribution in [2.24, 2.45) is 0 Å². The van der Waals surface area contributed by atoms with Crippen molar-refractivity contribution in [3.05, 3.63) is 275 Å². The van der Waals surface area contributed by atoms with Crippen LogP contribution in [0.4, 0.5) is 17.1 Å². The molecule has 60 heavy (non-hydrogen) atoms. The number of nitrogens with zero attached hydrogens (tertiary/aromatic N) is 1. The second kappa shape index (κ2) is 16.1. The first kappa shape index (κ1) is 36.9.